The lowest BCUT2D eigenvalue weighted by molar-refractivity contribution is -0.703. The van der Waals surface area contributed by atoms with Crippen LogP contribution < -0.4 is 4.57 Å². The minimum atomic E-state index is -0.205. The number of aliphatic hydroxyl groups excluding tert-OH is 1. The van der Waals surface area contributed by atoms with Gasteiger partial charge in [-0.05, 0) is 19.3 Å². The lowest BCUT2D eigenvalue weighted by Crippen LogP contribution is -2.38. The van der Waals surface area contributed by atoms with Crippen LogP contribution in [0.15, 0.2) is 18.7 Å². The van der Waals surface area contributed by atoms with Gasteiger partial charge in [-0.25, -0.2) is 9.13 Å². The molecule has 1 N–H and O–H groups in total. The van der Waals surface area contributed by atoms with Gasteiger partial charge in [-0.1, -0.05) is 65.2 Å². The van der Waals surface area contributed by atoms with Gasteiger partial charge in [0.15, 0.2) is 0 Å². The van der Waals surface area contributed by atoms with Crippen molar-refractivity contribution in [2.75, 3.05) is 0 Å². The highest BCUT2D eigenvalue weighted by Crippen LogP contribution is 2.09. The predicted molar refractivity (Wildman–Crippen MR) is 92.8 cm³/mol. The Morgan fingerprint density at radius 2 is 1.55 bits per heavy atom. The Labute approximate surface area is 137 Å². The number of hydrogen-bond donors (Lipinski definition) is 1. The molecule has 0 saturated heterocycles. The molecule has 1 unspecified atom stereocenters. The second kappa shape index (κ2) is 12.7. The summed E-state index contributed by atoms with van der Waals surface area (Å²) >= 11 is 0. The molecule has 0 aliphatic rings. The first kappa shape index (κ1) is 19.2. The van der Waals surface area contributed by atoms with Crippen LogP contribution in [0.25, 0.3) is 0 Å². The Bertz CT molecular complexity index is 362. The molecular formula is C19H37N2O+. The minimum Gasteiger partial charge on any atom is -0.389 e. The van der Waals surface area contributed by atoms with Crippen molar-refractivity contribution >= 4 is 0 Å². The van der Waals surface area contributed by atoms with Gasteiger partial charge in [-0.3, -0.25) is 0 Å². The zero-order chi connectivity index (χ0) is 16.0. The average molecular weight is 310 g/mol. The number of aryl methyl sites for hydroxylation is 1. The van der Waals surface area contributed by atoms with Crippen LogP contribution in [0.4, 0.5) is 0 Å². The fourth-order valence-corrected chi connectivity index (χ4v) is 2.88. The summed E-state index contributed by atoms with van der Waals surface area (Å²) in [6.45, 7) is 6.27. The van der Waals surface area contributed by atoms with Gasteiger partial charge >= 0.3 is 0 Å². The van der Waals surface area contributed by atoms with Crippen molar-refractivity contribution in [2.45, 2.75) is 104 Å². The molecule has 1 aromatic heterocycles. The number of rotatable bonds is 14. The molecule has 0 aromatic carbocycles. The first-order valence-electron chi connectivity index (χ1n) is 9.49. The van der Waals surface area contributed by atoms with Crippen LogP contribution in [0.5, 0.6) is 0 Å². The van der Waals surface area contributed by atoms with Crippen LogP contribution in [0.2, 0.25) is 0 Å². The molecule has 1 heterocycles. The molecule has 1 aromatic rings. The molecule has 0 spiro atoms. The third-order valence-electron chi connectivity index (χ3n) is 4.33. The van der Waals surface area contributed by atoms with Crippen molar-refractivity contribution in [1.82, 2.24) is 4.57 Å². The number of nitrogens with zero attached hydrogens (tertiary/aromatic N) is 2. The molecule has 0 aliphatic carbocycles. The first-order chi connectivity index (χ1) is 10.8. The van der Waals surface area contributed by atoms with Crippen molar-refractivity contribution in [3.05, 3.63) is 18.7 Å². The highest BCUT2D eigenvalue weighted by atomic mass is 16.3. The summed E-state index contributed by atoms with van der Waals surface area (Å²) in [5.74, 6) is 0. The summed E-state index contributed by atoms with van der Waals surface area (Å²) < 4.78 is 4.37. The molecule has 0 bridgehead atoms. The summed E-state index contributed by atoms with van der Waals surface area (Å²) in [4.78, 5) is 0. The molecule has 0 fully saturated rings. The van der Waals surface area contributed by atoms with E-state index in [1.54, 1.807) is 0 Å². The zero-order valence-electron chi connectivity index (χ0n) is 14.8. The second-order valence-corrected chi connectivity index (χ2v) is 6.62. The van der Waals surface area contributed by atoms with Crippen LogP contribution in [-0.4, -0.2) is 15.8 Å². The normalized spacial score (nSPS) is 12.7. The molecule has 3 heteroatoms. The molecule has 0 amide bonds. The van der Waals surface area contributed by atoms with Gasteiger partial charge in [0.25, 0.3) is 0 Å². The predicted octanol–water partition coefficient (Wildman–Crippen LogP) is 4.47. The molecular weight excluding hydrogens is 272 g/mol. The molecule has 1 rings (SSSR count). The van der Waals surface area contributed by atoms with E-state index in [0.29, 0.717) is 0 Å². The van der Waals surface area contributed by atoms with Crippen LogP contribution in [-0.2, 0) is 13.1 Å². The van der Waals surface area contributed by atoms with E-state index in [4.69, 9.17) is 0 Å². The highest BCUT2D eigenvalue weighted by molar-refractivity contribution is 4.66. The molecule has 1 atom stereocenters. The van der Waals surface area contributed by atoms with Gasteiger partial charge in [0, 0.05) is 0 Å². The SMILES string of the molecule is CCCCCCCCCCn1cc[n+](CC(O)CCCC)c1. The lowest BCUT2D eigenvalue weighted by atomic mass is 10.1. The lowest BCUT2D eigenvalue weighted by Gasteiger charge is -2.06. The third kappa shape index (κ3) is 9.24. The maximum atomic E-state index is 9.95. The maximum Gasteiger partial charge on any atom is 0.243 e. The van der Waals surface area contributed by atoms with Crippen molar-refractivity contribution in [1.29, 1.82) is 0 Å². The van der Waals surface area contributed by atoms with Crippen LogP contribution >= 0.6 is 0 Å². The fourth-order valence-electron chi connectivity index (χ4n) is 2.88. The number of imidazole rings is 1. The van der Waals surface area contributed by atoms with E-state index in [1.165, 1.54) is 51.4 Å². The van der Waals surface area contributed by atoms with E-state index >= 15 is 0 Å². The van der Waals surface area contributed by atoms with Gasteiger partial charge in [0.05, 0.1) is 12.6 Å². The van der Waals surface area contributed by atoms with Crippen molar-refractivity contribution in [2.24, 2.45) is 0 Å². The van der Waals surface area contributed by atoms with Crippen molar-refractivity contribution in [3.63, 3.8) is 0 Å². The topological polar surface area (TPSA) is 29.0 Å². The van der Waals surface area contributed by atoms with Gasteiger partial charge in [0.2, 0.25) is 6.33 Å². The average Bonchev–Trinajstić information content (AvgIpc) is 2.95. The standard InChI is InChI=1S/C19H37N2O/c1-3-5-7-8-9-10-11-12-14-20-15-16-21(18-20)17-19(22)13-6-4-2/h15-16,18-19,22H,3-14,17H2,1-2H3/q+1. The molecule has 22 heavy (non-hydrogen) atoms. The Kier molecular flexibility index (Phi) is 11.1. The monoisotopic (exact) mass is 309 g/mol. The summed E-state index contributed by atoms with van der Waals surface area (Å²) in [6.07, 6.45) is 20.2. The summed E-state index contributed by atoms with van der Waals surface area (Å²) in [5, 5.41) is 9.95. The Hall–Kier alpha value is -0.830. The number of hydrogen-bond acceptors (Lipinski definition) is 1. The molecule has 128 valence electrons. The Morgan fingerprint density at radius 1 is 0.909 bits per heavy atom. The second-order valence-electron chi connectivity index (χ2n) is 6.62. The van der Waals surface area contributed by atoms with E-state index in [0.717, 1.165) is 32.4 Å². The van der Waals surface area contributed by atoms with Crippen molar-refractivity contribution in [3.8, 4) is 0 Å². The fraction of sp³-hybridized carbons (Fsp3) is 0.842. The smallest absolute Gasteiger partial charge is 0.243 e. The molecule has 0 aliphatic heterocycles. The number of aromatic nitrogens is 2. The maximum absolute atomic E-state index is 9.95. The molecule has 0 radical (unpaired) electrons. The Morgan fingerprint density at radius 3 is 2.23 bits per heavy atom. The number of aliphatic hydroxyl groups is 1. The van der Waals surface area contributed by atoms with E-state index < -0.39 is 0 Å². The first-order valence-corrected chi connectivity index (χ1v) is 9.49. The van der Waals surface area contributed by atoms with Crippen LogP contribution in [0.3, 0.4) is 0 Å². The molecule has 3 nitrogen and oxygen atoms in total. The quantitative estimate of drug-likeness (QED) is 0.399. The van der Waals surface area contributed by atoms with Gasteiger partial charge in [0.1, 0.15) is 18.9 Å². The van der Waals surface area contributed by atoms with Gasteiger partial charge < -0.3 is 5.11 Å². The zero-order valence-corrected chi connectivity index (χ0v) is 14.8. The highest BCUT2D eigenvalue weighted by Gasteiger charge is 2.09. The van der Waals surface area contributed by atoms with E-state index in [1.807, 2.05) is 0 Å². The van der Waals surface area contributed by atoms with E-state index in [-0.39, 0.29) is 6.10 Å². The van der Waals surface area contributed by atoms with Crippen LogP contribution in [0.1, 0.15) is 84.5 Å². The Balaban J connectivity index is 2.07. The summed E-state index contributed by atoms with van der Waals surface area (Å²) in [6, 6.07) is 0. The van der Waals surface area contributed by atoms with Crippen molar-refractivity contribution < 1.29 is 9.67 Å². The van der Waals surface area contributed by atoms with Crippen LogP contribution in [0, 0.1) is 0 Å². The summed E-state index contributed by atoms with van der Waals surface area (Å²) in [5.41, 5.74) is 0. The molecule has 0 saturated carbocycles. The van der Waals surface area contributed by atoms with Gasteiger partial charge in [-0.2, -0.15) is 0 Å². The number of unbranched alkanes of at least 4 members (excludes halogenated alkanes) is 8. The summed E-state index contributed by atoms with van der Waals surface area (Å²) in [7, 11) is 0. The van der Waals surface area contributed by atoms with E-state index in [2.05, 4.69) is 41.7 Å². The largest absolute Gasteiger partial charge is 0.389 e. The minimum absolute atomic E-state index is 0.205. The van der Waals surface area contributed by atoms with E-state index in [9.17, 15) is 5.11 Å². The third-order valence-corrected chi connectivity index (χ3v) is 4.33. The van der Waals surface area contributed by atoms with Gasteiger partial charge in [-0.15, -0.1) is 0 Å².